The fourth-order valence-corrected chi connectivity index (χ4v) is 3.92. The van der Waals surface area contributed by atoms with Crippen LogP contribution in [0.4, 0.5) is 0 Å². The van der Waals surface area contributed by atoms with Gasteiger partial charge in [-0.2, -0.15) is 5.10 Å². The number of halogens is 1. The molecule has 2 aromatic rings. The van der Waals surface area contributed by atoms with E-state index in [1.807, 2.05) is 21.7 Å². The second-order valence-corrected chi connectivity index (χ2v) is 8.48. The summed E-state index contributed by atoms with van der Waals surface area (Å²) < 4.78 is 2.00. The smallest absolute Gasteiger partial charge is 0.240 e. The maximum Gasteiger partial charge on any atom is 0.240 e. The molecule has 7 nitrogen and oxygen atoms in total. The fourth-order valence-electron chi connectivity index (χ4n) is 3.92. The second kappa shape index (κ2) is 8.71. The molecule has 0 unspecified atom stereocenters. The molecule has 29 heavy (non-hydrogen) atoms. The lowest BCUT2D eigenvalue weighted by molar-refractivity contribution is -0.136. The summed E-state index contributed by atoms with van der Waals surface area (Å²) in [6.45, 7) is 5.60. The van der Waals surface area contributed by atoms with Crippen LogP contribution < -0.4 is 5.73 Å². The van der Waals surface area contributed by atoms with E-state index < -0.39 is 6.04 Å². The lowest BCUT2D eigenvalue weighted by atomic mass is 9.98. The van der Waals surface area contributed by atoms with Crippen molar-refractivity contribution < 1.29 is 9.90 Å². The summed E-state index contributed by atoms with van der Waals surface area (Å²) in [6.07, 6.45) is 3.63. The predicted octanol–water partition coefficient (Wildman–Crippen LogP) is 2.78. The molecule has 1 aromatic heterocycles. The summed E-state index contributed by atoms with van der Waals surface area (Å²) in [6, 6.07) is 6.17. The Hall–Kier alpha value is -2.12. The van der Waals surface area contributed by atoms with Gasteiger partial charge in [-0.05, 0) is 49.3 Å². The highest BCUT2D eigenvalue weighted by Gasteiger charge is 2.38. The number of carbonyl (C=O) groups is 1. The number of nitrogens with two attached hydrogens (primary N) is 1. The zero-order valence-corrected chi connectivity index (χ0v) is 17.8. The van der Waals surface area contributed by atoms with E-state index in [0.29, 0.717) is 31.3 Å². The van der Waals surface area contributed by atoms with Crippen molar-refractivity contribution in [3.8, 4) is 5.75 Å². The number of nitrogens with zero attached hydrogens (tertiary/aromatic N) is 4. The number of phenols is 1. The number of amides is 1. The first-order valence-corrected chi connectivity index (χ1v) is 10.2. The van der Waals surface area contributed by atoms with Crippen LogP contribution in [0.15, 0.2) is 24.3 Å². The summed E-state index contributed by atoms with van der Waals surface area (Å²) in [5.41, 5.74) is 7.24. The number of phenolic OH excluding ortho intramolecular Hbond substituents is 1. The second-order valence-electron chi connectivity index (χ2n) is 8.48. The predicted molar refractivity (Wildman–Crippen MR) is 113 cm³/mol. The molecule has 1 fully saturated rings. The zero-order chi connectivity index (χ0) is 19.8. The van der Waals surface area contributed by atoms with E-state index in [0.717, 1.165) is 23.6 Å². The molecule has 1 aliphatic heterocycles. The molecule has 2 atom stereocenters. The van der Waals surface area contributed by atoms with Crippen molar-refractivity contribution in [1.82, 2.24) is 19.7 Å². The van der Waals surface area contributed by atoms with Crippen molar-refractivity contribution in [3.05, 3.63) is 41.5 Å². The van der Waals surface area contributed by atoms with Crippen molar-refractivity contribution in [2.75, 3.05) is 6.54 Å². The Bertz CT molecular complexity index is 847. The molecule has 4 rings (SSSR count). The molecule has 2 aliphatic rings. The number of fused-ring (bicyclic) bond motifs is 1. The van der Waals surface area contributed by atoms with Gasteiger partial charge < -0.3 is 15.7 Å². The van der Waals surface area contributed by atoms with Gasteiger partial charge in [-0.15, -0.1) is 12.4 Å². The largest absolute Gasteiger partial charge is 0.508 e. The van der Waals surface area contributed by atoms with Crippen molar-refractivity contribution in [1.29, 1.82) is 0 Å². The van der Waals surface area contributed by atoms with Crippen molar-refractivity contribution in [2.45, 2.75) is 64.1 Å². The molecular weight excluding hydrogens is 390 g/mol. The zero-order valence-electron chi connectivity index (χ0n) is 17.0. The van der Waals surface area contributed by atoms with Crippen LogP contribution in [0, 0.1) is 5.92 Å². The minimum atomic E-state index is -0.614. The van der Waals surface area contributed by atoms with E-state index in [9.17, 15) is 9.90 Å². The first-order chi connectivity index (χ1) is 13.4. The summed E-state index contributed by atoms with van der Waals surface area (Å²) >= 11 is 0. The molecule has 0 bridgehead atoms. The van der Waals surface area contributed by atoms with Crippen LogP contribution in [-0.4, -0.2) is 43.3 Å². The molecular formula is C21H30ClN5O2. The Kier molecular flexibility index (Phi) is 6.49. The van der Waals surface area contributed by atoms with Crippen LogP contribution >= 0.6 is 12.4 Å². The van der Waals surface area contributed by atoms with Crippen LogP contribution in [-0.2, 0) is 17.8 Å². The first kappa shape index (κ1) is 21.6. The fraction of sp³-hybridized carbons (Fsp3) is 0.571. The normalized spacial score (nSPS) is 19.6. The van der Waals surface area contributed by atoms with Crippen LogP contribution in [0.25, 0.3) is 0 Å². The molecule has 3 N–H and O–H groups in total. The molecule has 1 amide bonds. The molecule has 1 saturated carbocycles. The van der Waals surface area contributed by atoms with Gasteiger partial charge in [-0.1, -0.05) is 26.0 Å². The summed E-state index contributed by atoms with van der Waals surface area (Å²) in [5.74, 6) is 2.95. The van der Waals surface area contributed by atoms with E-state index in [4.69, 9.17) is 15.8 Å². The Morgan fingerprint density at radius 3 is 2.55 bits per heavy atom. The minimum absolute atomic E-state index is 0. The molecule has 0 saturated heterocycles. The van der Waals surface area contributed by atoms with Crippen molar-refractivity contribution >= 4 is 18.3 Å². The molecule has 158 valence electrons. The average Bonchev–Trinajstić information content (AvgIpc) is 3.42. The standard InChI is InChI=1S/C21H29N5O2.ClH/c1-13(2)11-18-20-23-19(15-5-6-15)24-26(20)10-9-25(18)21(28)17(22)12-14-3-7-16(27)8-4-14;/h3-4,7-8,13,15,17-18,27H,5-6,9-12,22H2,1-2H3;1H/t17-,18-;/m0./s1. The van der Waals surface area contributed by atoms with Gasteiger partial charge in [0.15, 0.2) is 5.82 Å². The number of hydrogen-bond acceptors (Lipinski definition) is 5. The molecule has 0 spiro atoms. The third-order valence-electron chi connectivity index (χ3n) is 5.57. The van der Waals surface area contributed by atoms with E-state index >= 15 is 0 Å². The molecule has 1 aliphatic carbocycles. The van der Waals surface area contributed by atoms with Crippen molar-refractivity contribution in [3.63, 3.8) is 0 Å². The molecule has 1 aromatic carbocycles. The Morgan fingerprint density at radius 1 is 1.24 bits per heavy atom. The lowest BCUT2D eigenvalue weighted by Gasteiger charge is -2.37. The third-order valence-corrected chi connectivity index (χ3v) is 5.57. The quantitative estimate of drug-likeness (QED) is 0.750. The number of aromatic nitrogens is 3. The third kappa shape index (κ3) is 4.73. The first-order valence-electron chi connectivity index (χ1n) is 10.2. The van der Waals surface area contributed by atoms with Gasteiger partial charge in [0.25, 0.3) is 0 Å². The van der Waals surface area contributed by atoms with Crippen LogP contribution in [0.2, 0.25) is 0 Å². The Morgan fingerprint density at radius 2 is 1.93 bits per heavy atom. The van der Waals surface area contributed by atoms with Gasteiger partial charge in [0.2, 0.25) is 5.91 Å². The summed E-state index contributed by atoms with van der Waals surface area (Å²) in [5, 5.41) is 14.1. The number of aromatic hydroxyl groups is 1. The maximum absolute atomic E-state index is 13.2. The average molecular weight is 420 g/mol. The van der Waals surface area contributed by atoms with Gasteiger partial charge in [0, 0.05) is 12.5 Å². The number of hydrogen-bond donors (Lipinski definition) is 2. The van der Waals surface area contributed by atoms with Gasteiger partial charge >= 0.3 is 0 Å². The Labute approximate surface area is 177 Å². The van der Waals surface area contributed by atoms with Crippen molar-refractivity contribution in [2.24, 2.45) is 11.7 Å². The van der Waals surface area contributed by atoms with Crippen LogP contribution in [0.3, 0.4) is 0 Å². The highest BCUT2D eigenvalue weighted by atomic mass is 35.5. The van der Waals surface area contributed by atoms with Gasteiger partial charge in [-0.3, -0.25) is 4.79 Å². The summed E-state index contributed by atoms with van der Waals surface area (Å²) in [7, 11) is 0. The topological polar surface area (TPSA) is 97.3 Å². The number of carbonyl (C=O) groups excluding carboxylic acids is 1. The van der Waals surface area contributed by atoms with Gasteiger partial charge in [-0.25, -0.2) is 9.67 Å². The SMILES string of the molecule is CC(C)C[C@H]1c2nc(C3CC3)nn2CCN1C(=O)[C@@H](N)Cc1ccc(O)cc1.Cl. The van der Waals surface area contributed by atoms with Gasteiger partial charge in [0.1, 0.15) is 11.6 Å². The molecule has 0 radical (unpaired) electrons. The number of rotatable bonds is 6. The minimum Gasteiger partial charge on any atom is -0.508 e. The van der Waals surface area contributed by atoms with E-state index in [-0.39, 0.29) is 30.1 Å². The maximum atomic E-state index is 13.2. The molecule has 8 heteroatoms. The Balaban J connectivity index is 0.00000240. The van der Waals surface area contributed by atoms with E-state index in [2.05, 4.69) is 13.8 Å². The highest BCUT2D eigenvalue weighted by molar-refractivity contribution is 5.85. The molecule has 2 heterocycles. The monoisotopic (exact) mass is 419 g/mol. The number of benzene rings is 1. The lowest BCUT2D eigenvalue weighted by Crippen LogP contribution is -2.50. The van der Waals surface area contributed by atoms with Gasteiger partial charge in [0.05, 0.1) is 18.6 Å². The van der Waals surface area contributed by atoms with Crippen LogP contribution in [0.5, 0.6) is 5.75 Å². The highest BCUT2D eigenvalue weighted by Crippen LogP contribution is 2.40. The van der Waals surface area contributed by atoms with E-state index in [1.165, 1.54) is 12.8 Å². The van der Waals surface area contributed by atoms with E-state index in [1.54, 1.807) is 12.1 Å². The van der Waals surface area contributed by atoms with Crippen LogP contribution in [0.1, 0.15) is 62.3 Å². The summed E-state index contributed by atoms with van der Waals surface area (Å²) in [4.78, 5) is 19.9.